The van der Waals surface area contributed by atoms with Gasteiger partial charge in [-0.1, -0.05) is 23.2 Å². The quantitative estimate of drug-likeness (QED) is 0.256. The Hall–Kier alpha value is -2.25. The smallest absolute Gasteiger partial charge is 0.359 e. The van der Waals surface area contributed by atoms with Gasteiger partial charge in [0.1, 0.15) is 16.9 Å². The second-order valence-corrected chi connectivity index (χ2v) is 7.59. The first kappa shape index (κ1) is 23.4. The maximum absolute atomic E-state index is 14.5. The van der Waals surface area contributed by atoms with Gasteiger partial charge in [-0.3, -0.25) is 0 Å². The molecule has 31 heavy (non-hydrogen) atoms. The highest BCUT2D eigenvalue weighted by Gasteiger charge is 2.53. The van der Waals surface area contributed by atoms with Crippen LogP contribution in [0.3, 0.4) is 0 Å². The van der Waals surface area contributed by atoms with Crippen LogP contribution < -0.4 is 4.90 Å². The van der Waals surface area contributed by atoms with Crippen molar-refractivity contribution in [3.63, 3.8) is 0 Å². The maximum Gasteiger partial charge on any atom is 0.417 e. The van der Waals surface area contributed by atoms with Crippen molar-refractivity contribution in [3.05, 3.63) is 62.6 Å². The fourth-order valence-corrected chi connectivity index (χ4v) is 4.19. The molecule has 0 amide bonds. The molecule has 2 aromatic carbocycles. The molecule has 0 radical (unpaired) electrons. The third kappa shape index (κ3) is 4.26. The average molecular weight is 489 g/mol. The number of halogens is 10. The van der Waals surface area contributed by atoms with E-state index >= 15 is 0 Å². The molecule has 166 valence electrons. The summed E-state index contributed by atoms with van der Waals surface area (Å²) < 4.78 is 110. The molecule has 1 fully saturated rings. The molecule has 2 aromatic rings. The molecule has 0 N–H and O–H groups in total. The van der Waals surface area contributed by atoms with Crippen molar-refractivity contribution in [3.8, 4) is 6.07 Å². The lowest BCUT2D eigenvalue weighted by Crippen LogP contribution is -2.44. The zero-order valence-electron chi connectivity index (χ0n) is 15.1. The molecule has 2 atom stereocenters. The summed E-state index contributed by atoms with van der Waals surface area (Å²) in [6, 6.07) is 1.78. The normalized spacial score (nSPS) is 19.6. The second-order valence-electron chi connectivity index (χ2n) is 6.80. The predicted octanol–water partition coefficient (Wildman–Crippen LogP) is 7.09. The zero-order chi connectivity index (χ0) is 23.3. The highest BCUT2D eigenvalue weighted by molar-refractivity contribution is 6.35. The highest BCUT2D eigenvalue weighted by Crippen LogP contribution is 2.47. The van der Waals surface area contributed by atoms with Crippen molar-refractivity contribution in [1.29, 1.82) is 5.26 Å². The molecular weight excluding hydrogens is 479 g/mol. The van der Waals surface area contributed by atoms with Gasteiger partial charge in [0.2, 0.25) is 0 Å². The summed E-state index contributed by atoms with van der Waals surface area (Å²) in [4.78, 5) is 0.645. The minimum absolute atomic E-state index is 0.319. The van der Waals surface area contributed by atoms with E-state index in [0.29, 0.717) is 17.0 Å². The largest absolute Gasteiger partial charge is 0.417 e. The minimum atomic E-state index is -4.99. The molecule has 0 aliphatic carbocycles. The number of hydrogen-bond donors (Lipinski definition) is 0. The standard InChI is InChI=1S/C19H10Cl2F8N2/c20-13-6-11(15(22)14(21)16(13)23)10-3-4-31(17(10)19(27,28)29)9-2-1-8(7-30)12(5-9)18(24,25)26/h1-2,5-6,10,17H,3-4H2. The second kappa shape index (κ2) is 8.02. The van der Waals surface area contributed by atoms with Crippen LogP contribution in [0.25, 0.3) is 0 Å². The van der Waals surface area contributed by atoms with Crippen LogP contribution in [-0.2, 0) is 6.18 Å². The van der Waals surface area contributed by atoms with Gasteiger partial charge < -0.3 is 4.90 Å². The molecule has 12 heteroatoms. The van der Waals surface area contributed by atoms with Gasteiger partial charge in [0.05, 0.1) is 22.2 Å². The molecule has 0 bridgehead atoms. The molecule has 0 spiro atoms. The summed E-state index contributed by atoms with van der Waals surface area (Å²) in [5, 5.41) is 7.12. The molecule has 2 nitrogen and oxygen atoms in total. The Morgan fingerprint density at radius 3 is 2.19 bits per heavy atom. The fraction of sp³-hybridized carbons (Fsp3) is 0.316. The van der Waals surface area contributed by atoms with Crippen LogP contribution >= 0.6 is 23.2 Å². The van der Waals surface area contributed by atoms with Gasteiger partial charge >= 0.3 is 12.4 Å². The topological polar surface area (TPSA) is 27.0 Å². The minimum Gasteiger partial charge on any atom is -0.359 e. The van der Waals surface area contributed by atoms with Gasteiger partial charge in [0.25, 0.3) is 0 Å². The molecule has 0 aromatic heterocycles. The SMILES string of the molecule is N#Cc1ccc(N2CCC(c3cc(Cl)c(F)c(Cl)c3F)C2C(F)(F)F)cc1C(F)(F)F. The first-order chi connectivity index (χ1) is 14.3. The van der Waals surface area contributed by atoms with Crippen molar-refractivity contribution in [2.75, 3.05) is 11.4 Å². The van der Waals surface area contributed by atoms with E-state index in [-0.39, 0.29) is 13.0 Å². The van der Waals surface area contributed by atoms with E-state index in [2.05, 4.69) is 0 Å². The third-order valence-electron chi connectivity index (χ3n) is 5.02. The van der Waals surface area contributed by atoms with Gasteiger partial charge in [-0.05, 0) is 36.2 Å². The maximum atomic E-state index is 14.5. The number of anilines is 1. The summed E-state index contributed by atoms with van der Waals surface area (Å²) in [5.41, 5.74) is -3.18. The van der Waals surface area contributed by atoms with Gasteiger partial charge in [0, 0.05) is 18.2 Å². The Balaban J connectivity index is 2.13. The van der Waals surface area contributed by atoms with Gasteiger partial charge in [-0.25, -0.2) is 8.78 Å². The molecular formula is C19H10Cl2F8N2. The van der Waals surface area contributed by atoms with E-state index < -0.39 is 68.4 Å². The number of rotatable bonds is 2. The highest BCUT2D eigenvalue weighted by atomic mass is 35.5. The Morgan fingerprint density at radius 2 is 1.65 bits per heavy atom. The van der Waals surface area contributed by atoms with E-state index in [1.807, 2.05) is 0 Å². The van der Waals surface area contributed by atoms with Crippen LogP contribution in [0.4, 0.5) is 40.8 Å². The fourth-order valence-electron chi connectivity index (χ4n) is 3.72. The first-order valence-corrected chi connectivity index (χ1v) is 9.30. The zero-order valence-corrected chi connectivity index (χ0v) is 16.6. The lowest BCUT2D eigenvalue weighted by molar-refractivity contribution is -0.149. The van der Waals surface area contributed by atoms with Crippen molar-refractivity contribution < 1.29 is 35.1 Å². The monoisotopic (exact) mass is 488 g/mol. The number of hydrogen-bond acceptors (Lipinski definition) is 2. The number of benzene rings is 2. The molecule has 1 saturated heterocycles. The van der Waals surface area contributed by atoms with Gasteiger partial charge in [0.15, 0.2) is 5.82 Å². The van der Waals surface area contributed by atoms with Crippen LogP contribution in [0.1, 0.15) is 29.0 Å². The van der Waals surface area contributed by atoms with E-state index in [0.717, 1.165) is 12.1 Å². The van der Waals surface area contributed by atoms with Crippen LogP contribution in [0.15, 0.2) is 24.3 Å². The van der Waals surface area contributed by atoms with Gasteiger partial charge in [-0.2, -0.15) is 31.6 Å². The molecule has 1 heterocycles. The van der Waals surface area contributed by atoms with E-state index in [9.17, 15) is 35.1 Å². The molecule has 1 aliphatic heterocycles. The van der Waals surface area contributed by atoms with E-state index in [4.69, 9.17) is 28.5 Å². The van der Waals surface area contributed by atoms with Crippen LogP contribution in [0, 0.1) is 23.0 Å². The summed E-state index contributed by atoms with van der Waals surface area (Å²) in [6.07, 6.45) is -10.3. The number of alkyl halides is 6. The first-order valence-electron chi connectivity index (χ1n) is 8.55. The predicted molar refractivity (Wildman–Crippen MR) is 97.1 cm³/mol. The Kier molecular flexibility index (Phi) is 6.06. The van der Waals surface area contributed by atoms with E-state index in [1.54, 1.807) is 0 Å². The van der Waals surface area contributed by atoms with Crippen molar-refractivity contribution in [1.82, 2.24) is 0 Å². The Morgan fingerprint density at radius 1 is 1.00 bits per heavy atom. The van der Waals surface area contributed by atoms with Crippen molar-refractivity contribution in [2.24, 2.45) is 0 Å². The molecule has 0 saturated carbocycles. The average Bonchev–Trinajstić information content (AvgIpc) is 3.13. The molecule has 1 aliphatic rings. The Labute approximate surface area is 180 Å². The van der Waals surface area contributed by atoms with Crippen molar-refractivity contribution in [2.45, 2.75) is 30.7 Å². The number of nitriles is 1. The summed E-state index contributed by atoms with van der Waals surface area (Å²) in [6.45, 7) is -0.385. The van der Waals surface area contributed by atoms with E-state index in [1.165, 1.54) is 6.07 Å². The van der Waals surface area contributed by atoms with Crippen LogP contribution in [0.5, 0.6) is 0 Å². The summed E-state index contributed by atoms with van der Waals surface area (Å²) in [7, 11) is 0. The van der Waals surface area contributed by atoms with Crippen LogP contribution in [0.2, 0.25) is 10.0 Å². The summed E-state index contributed by atoms with van der Waals surface area (Å²) in [5.74, 6) is -4.36. The summed E-state index contributed by atoms with van der Waals surface area (Å²) >= 11 is 11.1. The molecule has 3 rings (SSSR count). The van der Waals surface area contributed by atoms with Gasteiger partial charge in [-0.15, -0.1) is 0 Å². The van der Waals surface area contributed by atoms with Crippen LogP contribution in [-0.4, -0.2) is 18.8 Å². The van der Waals surface area contributed by atoms with Crippen molar-refractivity contribution >= 4 is 28.9 Å². The Bertz CT molecular complexity index is 1060. The number of nitrogens with zero attached hydrogens (tertiary/aromatic N) is 2. The molecule has 2 unspecified atom stereocenters. The lowest BCUT2D eigenvalue weighted by Gasteiger charge is -2.32. The third-order valence-corrected chi connectivity index (χ3v) is 5.63. The lowest BCUT2D eigenvalue weighted by atomic mass is 9.90.